The summed E-state index contributed by atoms with van der Waals surface area (Å²) in [6, 6.07) is 5.32. The third kappa shape index (κ3) is 3.40. The van der Waals surface area contributed by atoms with Crippen molar-refractivity contribution in [1.82, 2.24) is 0 Å². The lowest BCUT2D eigenvalue weighted by Gasteiger charge is -2.12. The van der Waals surface area contributed by atoms with Gasteiger partial charge in [0, 0.05) is 6.61 Å². The van der Waals surface area contributed by atoms with Crippen molar-refractivity contribution in [1.29, 1.82) is 0 Å². The quantitative estimate of drug-likeness (QED) is 0.596. The lowest BCUT2D eigenvalue weighted by atomic mass is 10.1. The first-order valence-electron chi connectivity index (χ1n) is 5.25. The molecule has 1 atom stereocenters. The highest BCUT2D eigenvalue weighted by Crippen LogP contribution is 2.30. The molecular formula is C12H18O4. The first-order valence-corrected chi connectivity index (χ1v) is 5.25. The molecule has 1 aromatic rings. The smallest absolute Gasteiger partial charge is 0.189 e. The van der Waals surface area contributed by atoms with Gasteiger partial charge in [-0.25, -0.2) is 0 Å². The summed E-state index contributed by atoms with van der Waals surface area (Å²) >= 11 is 0. The summed E-state index contributed by atoms with van der Waals surface area (Å²) in [7, 11) is 1.56. The number of aliphatic hydroxyl groups is 1. The summed E-state index contributed by atoms with van der Waals surface area (Å²) in [5.74, 6) is 1.21. The maximum Gasteiger partial charge on any atom is 0.189 e. The Morgan fingerprint density at radius 3 is 2.62 bits per heavy atom. The first-order chi connectivity index (χ1) is 7.69. The maximum atomic E-state index is 9.43. The number of hydrogen-bond acceptors (Lipinski definition) is 4. The van der Waals surface area contributed by atoms with E-state index in [-0.39, 0.29) is 6.79 Å². The standard InChI is InChI=1S/C12H18O4/c1-4-15-8-16-11-6-5-10(9(2)13)7-12(11)14-3/h5-7,9,13H,4,8H2,1-3H3/t9-/m1/s1. The van der Waals surface area contributed by atoms with Crippen LogP contribution in [0.5, 0.6) is 11.5 Å². The normalized spacial score (nSPS) is 12.2. The van der Waals surface area contributed by atoms with Crippen LogP contribution < -0.4 is 9.47 Å². The third-order valence-corrected chi connectivity index (χ3v) is 2.17. The van der Waals surface area contributed by atoms with E-state index in [4.69, 9.17) is 14.2 Å². The van der Waals surface area contributed by atoms with E-state index in [1.807, 2.05) is 6.92 Å². The number of aliphatic hydroxyl groups excluding tert-OH is 1. The molecule has 0 saturated carbocycles. The molecule has 90 valence electrons. The molecule has 16 heavy (non-hydrogen) atoms. The van der Waals surface area contributed by atoms with Crippen LogP contribution in [0.1, 0.15) is 25.5 Å². The van der Waals surface area contributed by atoms with Gasteiger partial charge in [0.15, 0.2) is 18.3 Å². The van der Waals surface area contributed by atoms with E-state index in [1.54, 1.807) is 32.2 Å². The average molecular weight is 226 g/mol. The van der Waals surface area contributed by atoms with Gasteiger partial charge < -0.3 is 19.3 Å². The maximum absolute atomic E-state index is 9.43. The molecule has 0 aliphatic rings. The van der Waals surface area contributed by atoms with E-state index in [0.29, 0.717) is 18.1 Å². The highest BCUT2D eigenvalue weighted by molar-refractivity contribution is 5.43. The van der Waals surface area contributed by atoms with Crippen molar-refractivity contribution in [2.24, 2.45) is 0 Å². The zero-order chi connectivity index (χ0) is 12.0. The Hall–Kier alpha value is -1.26. The topological polar surface area (TPSA) is 47.9 Å². The van der Waals surface area contributed by atoms with Gasteiger partial charge >= 0.3 is 0 Å². The van der Waals surface area contributed by atoms with E-state index in [1.165, 1.54) is 0 Å². The Morgan fingerprint density at radius 1 is 1.31 bits per heavy atom. The van der Waals surface area contributed by atoms with Crippen LogP contribution in [0.15, 0.2) is 18.2 Å². The Bertz CT molecular complexity index is 323. The molecule has 0 aliphatic carbocycles. The zero-order valence-electron chi connectivity index (χ0n) is 9.90. The highest BCUT2D eigenvalue weighted by atomic mass is 16.7. The molecule has 1 rings (SSSR count). The van der Waals surface area contributed by atoms with Gasteiger partial charge in [0.1, 0.15) is 0 Å². The molecule has 0 radical (unpaired) electrons. The first kappa shape index (κ1) is 12.8. The number of benzene rings is 1. The van der Waals surface area contributed by atoms with E-state index < -0.39 is 6.10 Å². The van der Waals surface area contributed by atoms with E-state index in [0.717, 1.165) is 5.56 Å². The lowest BCUT2D eigenvalue weighted by Crippen LogP contribution is -2.04. The van der Waals surface area contributed by atoms with E-state index >= 15 is 0 Å². The summed E-state index contributed by atoms with van der Waals surface area (Å²) in [6.45, 7) is 4.40. The van der Waals surface area contributed by atoms with Crippen molar-refractivity contribution in [3.63, 3.8) is 0 Å². The summed E-state index contributed by atoms with van der Waals surface area (Å²) in [5.41, 5.74) is 0.792. The van der Waals surface area contributed by atoms with E-state index in [9.17, 15) is 5.11 Å². The van der Waals surface area contributed by atoms with Gasteiger partial charge in [-0.3, -0.25) is 0 Å². The minimum atomic E-state index is -0.519. The van der Waals surface area contributed by atoms with Crippen LogP contribution in [-0.4, -0.2) is 25.6 Å². The minimum Gasteiger partial charge on any atom is -0.493 e. The van der Waals surface area contributed by atoms with Crippen LogP contribution >= 0.6 is 0 Å². The van der Waals surface area contributed by atoms with Crippen LogP contribution in [-0.2, 0) is 4.74 Å². The van der Waals surface area contributed by atoms with Crippen molar-refractivity contribution < 1.29 is 19.3 Å². The molecule has 1 N–H and O–H groups in total. The van der Waals surface area contributed by atoms with E-state index in [2.05, 4.69) is 0 Å². The SMILES string of the molecule is CCOCOc1ccc([C@@H](C)O)cc1OC. The zero-order valence-corrected chi connectivity index (χ0v) is 9.90. The van der Waals surface area contributed by atoms with Gasteiger partial charge in [-0.1, -0.05) is 6.07 Å². The number of methoxy groups -OCH3 is 1. The van der Waals surface area contributed by atoms with Crippen molar-refractivity contribution >= 4 is 0 Å². The summed E-state index contributed by atoms with van der Waals surface area (Å²) in [4.78, 5) is 0. The van der Waals surface area contributed by atoms with Gasteiger partial charge in [0.05, 0.1) is 13.2 Å². The fraction of sp³-hybridized carbons (Fsp3) is 0.500. The van der Waals surface area contributed by atoms with Gasteiger partial charge in [-0.2, -0.15) is 0 Å². The van der Waals surface area contributed by atoms with Gasteiger partial charge in [-0.05, 0) is 31.5 Å². The van der Waals surface area contributed by atoms with Crippen LogP contribution in [0, 0.1) is 0 Å². The molecule has 0 aromatic heterocycles. The molecule has 0 saturated heterocycles. The molecule has 4 nitrogen and oxygen atoms in total. The Kier molecular flexibility index (Phi) is 5.08. The van der Waals surface area contributed by atoms with Crippen molar-refractivity contribution in [3.8, 4) is 11.5 Å². The molecule has 0 heterocycles. The van der Waals surface area contributed by atoms with Gasteiger partial charge in [0.2, 0.25) is 0 Å². The van der Waals surface area contributed by atoms with Crippen molar-refractivity contribution in [2.45, 2.75) is 20.0 Å². The number of hydrogen-bond donors (Lipinski definition) is 1. The fourth-order valence-electron chi connectivity index (χ4n) is 1.25. The molecule has 0 bridgehead atoms. The summed E-state index contributed by atoms with van der Waals surface area (Å²) in [5, 5.41) is 9.43. The molecule has 1 aromatic carbocycles. The molecular weight excluding hydrogens is 208 g/mol. The summed E-state index contributed by atoms with van der Waals surface area (Å²) in [6.07, 6.45) is -0.519. The number of rotatable bonds is 6. The predicted molar refractivity (Wildman–Crippen MR) is 60.7 cm³/mol. The molecule has 0 spiro atoms. The van der Waals surface area contributed by atoms with Crippen molar-refractivity contribution in [3.05, 3.63) is 23.8 Å². The second-order valence-electron chi connectivity index (χ2n) is 3.34. The van der Waals surface area contributed by atoms with Crippen molar-refractivity contribution in [2.75, 3.05) is 20.5 Å². The molecule has 4 heteroatoms. The largest absolute Gasteiger partial charge is 0.493 e. The number of ether oxygens (including phenoxy) is 3. The van der Waals surface area contributed by atoms with Crippen LogP contribution in [0.3, 0.4) is 0 Å². The monoisotopic (exact) mass is 226 g/mol. The Balaban J connectivity index is 2.76. The fourth-order valence-corrected chi connectivity index (χ4v) is 1.25. The average Bonchev–Trinajstić information content (AvgIpc) is 2.29. The summed E-state index contributed by atoms with van der Waals surface area (Å²) < 4.78 is 15.6. The van der Waals surface area contributed by atoms with Crippen LogP contribution in [0.4, 0.5) is 0 Å². The van der Waals surface area contributed by atoms with Gasteiger partial charge in [-0.15, -0.1) is 0 Å². The minimum absolute atomic E-state index is 0.195. The Labute approximate surface area is 95.8 Å². The molecule has 0 amide bonds. The Morgan fingerprint density at radius 2 is 2.06 bits per heavy atom. The molecule has 0 unspecified atom stereocenters. The van der Waals surface area contributed by atoms with Crippen LogP contribution in [0.2, 0.25) is 0 Å². The molecule has 0 aliphatic heterocycles. The predicted octanol–water partition coefficient (Wildman–Crippen LogP) is 2.12. The second kappa shape index (κ2) is 6.35. The molecule has 0 fully saturated rings. The second-order valence-corrected chi connectivity index (χ2v) is 3.34. The lowest BCUT2D eigenvalue weighted by molar-refractivity contribution is 0.0208. The third-order valence-electron chi connectivity index (χ3n) is 2.17. The highest BCUT2D eigenvalue weighted by Gasteiger charge is 2.08. The van der Waals surface area contributed by atoms with Gasteiger partial charge in [0.25, 0.3) is 0 Å². The van der Waals surface area contributed by atoms with Crippen LogP contribution in [0.25, 0.3) is 0 Å².